The molecule has 0 aliphatic carbocycles. The highest BCUT2D eigenvalue weighted by molar-refractivity contribution is 5.48. The Balaban J connectivity index is 1.79. The Labute approximate surface area is 130 Å². The summed E-state index contributed by atoms with van der Waals surface area (Å²) in [5, 5.41) is 3.53. The fourth-order valence-electron chi connectivity index (χ4n) is 2.45. The Morgan fingerprint density at radius 2 is 1.73 bits per heavy atom. The minimum atomic E-state index is 0.0887. The molecule has 0 aliphatic heterocycles. The highest BCUT2D eigenvalue weighted by atomic mass is 16.5. The average molecular weight is 293 g/mol. The standard InChI is InChI=1S/C19H19NO2/c1-21-17-11-9-16(10-12-17)20-18(19-8-5-13-22-19)14-15-6-3-2-4-7-15/h2-13,18,20H,14H2,1H3. The molecule has 1 N–H and O–H groups in total. The van der Waals surface area contributed by atoms with Crippen LogP contribution in [0.5, 0.6) is 5.75 Å². The van der Waals surface area contributed by atoms with Crippen molar-refractivity contribution < 1.29 is 9.15 Å². The lowest BCUT2D eigenvalue weighted by Gasteiger charge is -2.18. The Morgan fingerprint density at radius 3 is 2.36 bits per heavy atom. The Morgan fingerprint density at radius 1 is 0.955 bits per heavy atom. The number of rotatable bonds is 6. The summed E-state index contributed by atoms with van der Waals surface area (Å²) in [6.45, 7) is 0. The van der Waals surface area contributed by atoms with E-state index in [0.29, 0.717) is 0 Å². The zero-order valence-electron chi connectivity index (χ0n) is 12.5. The van der Waals surface area contributed by atoms with Gasteiger partial charge in [-0.2, -0.15) is 0 Å². The van der Waals surface area contributed by atoms with Crippen LogP contribution in [0.4, 0.5) is 5.69 Å². The summed E-state index contributed by atoms with van der Waals surface area (Å²) in [5.74, 6) is 1.78. The molecule has 0 saturated heterocycles. The van der Waals surface area contributed by atoms with E-state index in [0.717, 1.165) is 23.6 Å². The second kappa shape index (κ2) is 6.85. The highest BCUT2D eigenvalue weighted by Crippen LogP contribution is 2.25. The molecule has 3 nitrogen and oxygen atoms in total. The minimum Gasteiger partial charge on any atom is -0.497 e. The number of hydrogen-bond acceptors (Lipinski definition) is 3. The predicted octanol–water partition coefficient (Wildman–Crippen LogP) is 4.68. The van der Waals surface area contributed by atoms with E-state index < -0.39 is 0 Å². The van der Waals surface area contributed by atoms with Crippen LogP contribution in [0.15, 0.2) is 77.4 Å². The lowest BCUT2D eigenvalue weighted by atomic mass is 10.0. The molecule has 3 rings (SSSR count). The van der Waals surface area contributed by atoms with Gasteiger partial charge in [-0.25, -0.2) is 0 Å². The van der Waals surface area contributed by atoms with Crippen LogP contribution in [-0.2, 0) is 6.42 Å². The van der Waals surface area contributed by atoms with Crippen LogP contribution in [0.1, 0.15) is 17.4 Å². The van der Waals surface area contributed by atoms with Gasteiger partial charge in [-0.3, -0.25) is 0 Å². The Bertz CT molecular complexity index is 675. The lowest BCUT2D eigenvalue weighted by molar-refractivity contribution is 0.415. The summed E-state index contributed by atoms with van der Waals surface area (Å²) in [6, 6.07) is 22.3. The second-order valence-corrected chi connectivity index (χ2v) is 5.13. The van der Waals surface area contributed by atoms with E-state index in [1.165, 1.54) is 5.56 Å². The van der Waals surface area contributed by atoms with Gasteiger partial charge < -0.3 is 14.5 Å². The summed E-state index contributed by atoms with van der Waals surface area (Å²) < 4.78 is 10.8. The summed E-state index contributed by atoms with van der Waals surface area (Å²) >= 11 is 0. The van der Waals surface area contributed by atoms with Crippen molar-refractivity contribution in [1.82, 2.24) is 0 Å². The van der Waals surface area contributed by atoms with Crippen LogP contribution in [0.3, 0.4) is 0 Å². The molecule has 0 saturated carbocycles. The molecule has 1 atom stereocenters. The highest BCUT2D eigenvalue weighted by Gasteiger charge is 2.15. The van der Waals surface area contributed by atoms with Crippen molar-refractivity contribution in [3.05, 3.63) is 84.3 Å². The van der Waals surface area contributed by atoms with Gasteiger partial charge in [0.2, 0.25) is 0 Å². The Hall–Kier alpha value is -2.68. The molecule has 0 spiro atoms. The van der Waals surface area contributed by atoms with Gasteiger partial charge in [0.05, 0.1) is 19.4 Å². The van der Waals surface area contributed by atoms with Crippen molar-refractivity contribution >= 4 is 5.69 Å². The fourth-order valence-corrected chi connectivity index (χ4v) is 2.45. The summed E-state index contributed by atoms with van der Waals surface area (Å²) in [4.78, 5) is 0. The molecular formula is C19H19NO2. The third-order valence-electron chi connectivity index (χ3n) is 3.60. The van der Waals surface area contributed by atoms with Gasteiger partial charge in [-0.15, -0.1) is 0 Å². The van der Waals surface area contributed by atoms with Crippen molar-refractivity contribution in [3.8, 4) is 5.75 Å². The van der Waals surface area contributed by atoms with Crippen molar-refractivity contribution in [3.63, 3.8) is 0 Å². The third-order valence-corrected chi connectivity index (χ3v) is 3.60. The van der Waals surface area contributed by atoms with Gasteiger partial charge in [0, 0.05) is 5.69 Å². The molecule has 0 radical (unpaired) electrons. The first kappa shape index (κ1) is 14.3. The summed E-state index contributed by atoms with van der Waals surface area (Å²) in [6.07, 6.45) is 2.57. The van der Waals surface area contributed by atoms with E-state index in [1.807, 2.05) is 42.5 Å². The molecule has 0 bridgehead atoms. The molecule has 1 heterocycles. The van der Waals surface area contributed by atoms with Gasteiger partial charge in [-0.05, 0) is 48.4 Å². The second-order valence-electron chi connectivity index (χ2n) is 5.13. The maximum atomic E-state index is 5.60. The van der Waals surface area contributed by atoms with Crippen LogP contribution in [-0.4, -0.2) is 7.11 Å². The molecule has 3 heteroatoms. The van der Waals surface area contributed by atoms with Crippen LogP contribution in [0.2, 0.25) is 0 Å². The molecule has 2 aromatic carbocycles. The minimum absolute atomic E-state index is 0.0887. The van der Waals surface area contributed by atoms with Crippen molar-refractivity contribution in [1.29, 1.82) is 0 Å². The van der Waals surface area contributed by atoms with E-state index in [2.05, 4.69) is 29.6 Å². The number of hydrogen-bond donors (Lipinski definition) is 1. The first-order valence-corrected chi connectivity index (χ1v) is 7.33. The number of nitrogens with one attached hydrogen (secondary N) is 1. The molecule has 0 aliphatic rings. The summed E-state index contributed by atoms with van der Waals surface area (Å²) in [7, 11) is 1.67. The van der Waals surface area contributed by atoms with E-state index in [1.54, 1.807) is 13.4 Å². The molecule has 0 amide bonds. The number of benzene rings is 2. The molecule has 3 aromatic rings. The number of ether oxygens (including phenoxy) is 1. The zero-order chi connectivity index (χ0) is 15.2. The summed E-state index contributed by atoms with van der Waals surface area (Å²) in [5.41, 5.74) is 2.31. The zero-order valence-corrected chi connectivity index (χ0v) is 12.5. The Kier molecular flexibility index (Phi) is 4.44. The maximum absolute atomic E-state index is 5.60. The van der Waals surface area contributed by atoms with E-state index in [9.17, 15) is 0 Å². The molecular weight excluding hydrogens is 274 g/mol. The maximum Gasteiger partial charge on any atom is 0.126 e. The van der Waals surface area contributed by atoms with Crippen molar-refractivity contribution in [2.45, 2.75) is 12.5 Å². The van der Waals surface area contributed by atoms with E-state index in [4.69, 9.17) is 9.15 Å². The topological polar surface area (TPSA) is 34.4 Å². The monoisotopic (exact) mass is 293 g/mol. The van der Waals surface area contributed by atoms with Crippen LogP contribution in [0.25, 0.3) is 0 Å². The smallest absolute Gasteiger partial charge is 0.126 e. The van der Waals surface area contributed by atoms with Gasteiger partial charge in [0.25, 0.3) is 0 Å². The van der Waals surface area contributed by atoms with Gasteiger partial charge >= 0.3 is 0 Å². The molecule has 1 aromatic heterocycles. The molecule has 112 valence electrons. The molecule has 1 unspecified atom stereocenters. The van der Waals surface area contributed by atoms with Crippen LogP contribution < -0.4 is 10.1 Å². The normalized spacial score (nSPS) is 11.9. The van der Waals surface area contributed by atoms with Gasteiger partial charge in [0.15, 0.2) is 0 Å². The lowest BCUT2D eigenvalue weighted by Crippen LogP contribution is -2.13. The third kappa shape index (κ3) is 3.50. The number of methoxy groups -OCH3 is 1. The van der Waals surface area contributed by atoms with Crippen molar-refractivity contribution in [2.75, 3.05) is 12.4 Å². The first-order chi connectivity index (χ1) is 10.8. The van der Waals surface area contributed by atoms with Crippen LogP contribution in [0, 0.1) is 0 Å². The quantitative estimate of drug-likeness (QED) is 0.716. The van der Waals surface area contributed by atoms with Gasteiger partial charge in [-0.1, -0.05) is 30.3 Å². The predicted molar refractivity (Wildman–Crippen MR) is 88.2 cm³/mol. The average Bonchev–Trinajstić information content (AvgIpc) is 3.10. The molecule has 0 fully saturated rings. The number of anilines is 1. The fraction of sp³-hybridized carbons (Fsp3) is 0.158. The van der Waals surface area contributed by atoms with E-state index >= 15 is 0 Å². The first-order valence-electron chi connectivity index (χ1n) is 7.33. The van der Waals surface area contributed by atoms with Crippen molar-refractivity contribution in [2.24, 2.45) is 0 Å². The largest absolute Gasteiger partial charge is 0.497 e. The number of furan rings is 1. The van der Waals surface area contributed by atoms with E-state index in [-0.39, 0.29) is 6.04 Å². The van der Waals surface area contributed by atoms with Crippen LogP contribution >= 0.6 is 0 Å². The molecule has 22 heavy (non-hydrogen) atoms. The SMILES string of the molecule is COc1ccc(NC(Cc2ccccc2)c2ccco2)cc1. The van der Waals surface area contributed by atoms with Gasteiger partial charge in [0.1, 0.15) is 11.5 Å².